The molecular formula is C11H9F2N3O4. The maximum absolute atomic E-state index is 12.0. The monoisotopic (exact) mass is 285 g/mol. The third-order valence-electron chi connectivity index (χ3n) is 2.09. The first-order chi connectivity index (χ1) is 9.61. The van der Waals surface area contributed by atoms with E-state index in [1.54, 1.807) is 6.92 Å². The van der Waals surface area contributed by atoms with Crippen molar-refractivity contribution >= 4 is 5.97 Å². The molecule has 0 aliphatic heterocycles. The van der Waals surface area contributed by atoms with Gasteiger partial charge in [-0.2, -0.15) is 8.78 Å². The lowest BCUT2D eigenvalue weighted by Crippen LogP contribution is -2.06. The third-order valence-corrected chi connectivity index (χ3v) is 2.09. The highest BCUT2D eigenvalue weighted by Crippen LogP contribution is 2.20. The first kappa shape index (κ1) is 13.8. The molecule has 0 radical (unpaired) electrons. The molecule has 0 aromatic carbocycles. The minimum atomic E-state index is -2.97. The van der Waals surface area contributed by atoms with Crippen LogP contribution in [0.3, 0.4) is 0 Å². The fourth-order valence-corrected chi connectivity index (χ4v) is 1.35. The van der Waals surface area contributed by atoms with Crippen molar-refractivity contribution in [3.8, 4) is 17.3 Å². The number of carbonyl (C=O) groups excluding carboxylic acids is 1. The van der Waals surface area contributed by atoms with Crippen molar-refractivity contribution in [1.82, 2.24) is 15.0 Å². The van der Waals surface area contributed by atoms with Crippen molar-refractivity contribution in [3.05, 3.63) is 24.5 Å². The number of ether oxygens (including phenoxy) is 2. The highest BCUT2D eigenvalue weighted by molar-refractivity contribution is 5.92. The van der Waals surface area contributed by atoms with E-state index in [9.17, 15) is 13.6 Å². The molecule has 2 aromatic rings. The second-order valence-corrected chi connectivity index (χ2v) is 3.37. The van der Waals surface area contributed by atoms with Gasteiger partial charge in [0.25, 0.3) is 0 Å². The molecule has 0 bridgehead atoms. The van der Waals surface area contributed by atoms with E-state index in [0.717, 1.165) is 18.8 Å². The predicted octanol–water partition coefficient (Wildman–Crippen LogP) is 1.91. The van der Waals surface area contributed by atoms with E-state index in [-0.39, 0.29) is 29.6 Å². The molecule has 0 aliphatic carbocycles. The molecule has 0 fully saturated rings. The standard InChI is InChI=1S/C11H9F2N3O4/c1-2-18-10(17)8-7(16-5-19-8)9-14-3-6(4-15-9)20-11(12)13/h3-5,11H,2H2,1H3. The number of halogens is 2. The summed E-state index contributed by atoms with van der Waals surface area (Å²) in [5.74, 6) is -1.04. The van der Waals surface area contributed by atoms with Gasteiger partial charge in [0.05, 0.1) is 19.0 Å². The van der Waals surface area contributed by atoms with Crippen molar-refractivity contribution in [2.24, 2.45) is 0 Å². The number of hydrogen-bond donors (Lipinski definition) is 0. The van der Waals surface area contributed by atoms with E-state index >= 15 is 0 Å². The Morgan fingerprint density at radius 2 is 2.05 bits per heavy atom. The highest BCUT2D eigenvalue weighted by Gasteiger charge is 2.21. The summed E-state index contributed by atoms with van der Waals surface area (Å²) in [7, 11) is 0. The van der Waals surface area contributed by atoms with Gasteiger partial charge in [-0.15, -0.1) is 0 Å². The molecular weight excluding hydrogens is 276 g/mol. The Morgan fingerprint density at radius 3 is 2.65 bits per heavy atom. The molecule has 0 spiro atoms. The van der Waals surface area contributed by atoms with Gasteiger partial charge in [-0.1, -0.05) is 0 Å². The number of aromatic nitrogens is 3. The van der Waals surface area contributed by atoms with Gasteiger partial charge in [0, 0.05) is 0 Å². The van der Waals surface area contributed by atoms with Crippen LogP contribution in [0.5, 0.6) is 5.75 Å². The number of carbonyl (C=O) groups is 1. The molecule has 0 saturated carbocycles. The van der Waals surface area contributed by atoms with Gasteiger partial charge in [0.2, 0.25) is 5.76 Å². The van der Waals surface area contributed by atoms with Crippen LogP contribution in [0.15, 0.2) is 23.2 Å². The van der Waals surface area contributed by atoms with Crippen LogP contribution < -0.4 is 4.74 Å². The van der Waals surface area contributed by atoms with Crippen molar-refractivity contribution in [2.45, 2.75) is 13.5 Å². The molecule has 2 rings (SSSR count). The van der Waals surface area contributed by atoms with E-state index in [1.165, 1.54) is 0 Å². The first-order valence-electron chi connectivity index (χ1n) is 5.49. The SMILES string of the molecule is CCOC(=O)c1ocnc1-c1ncc(OC(F)F)cn1. The summed E-state index contributed by atoms with van der Waals surface area (Å²) in [6.45, 7) is -1.16. The molecule has 2 heterocycles. The molecule has 9 heteroatoms. The van der Waals surface area contributed by atoms with Crippen molar-refractivity contribution in [3.63, 3.8) is 0 Å². The van der Waals surface area contributed by atoms with E-state index in [4.69, 9.17) is 9.15 Å². The molecule has 2 aromatic heterocycles. The lowest BCUT2D eigenvalue weighted by molar-refractivity contribution is -0.0503. The first-order valence-corrected chi connectivity index (χ1v) is 5.49. The molecule has 0 saturated heterocycles. The molecule has 0 unspecified atom stereocenters. The minimum absolute atomic E-state index is 0.0309. The molecule has 0 amide bonds. The van der Waals surface area contributed by atoms with Crippen molar-refractivity contribution in [2.75, 3.05) is 6.61 Å². The summed E-state index contributed by atoms with van der Waals surface area (Å²) < 4.78 is 37.8. The summed E-state index contributed by atoms with van der Waals surface area (Å²) in [5, 5.41) is 0. The zero-order valence-electron chi connectivity index (χ0n) is 10.2. The normalized spacial score (nSPS) is 10.6. The van der Waals surface area contributed by atoms with Crippen LogP contribution in [0.2, 0.25) is 0 Å². The summed E-state index contributed by atoms with van der Waals surface area (Å²) in [6.07, 6.45) is 3.12. The molecule has 106 valence electrons. The number of nitrogens with zero attached hydrogens (tertiary/aromatic N) is 3. The Labute approximate surface area is 111 Å². The number of alkyl halides is 2. The zero-order valence-corrected chi connectivity index (χ0v) is 10.2. The Bertz CT molecular complexity index is 586. The van der Waals surface area contributed by atoms with E-state index in [0.29, 0.717) is 0 Å². The van der Waals surface area contributed by atoms with Crippen molar-refractivity contribution in [1.29, 1.82) is 0 Å². The summed E-state index contributed by atoms with van der Waals surface area (Å²) in [6, 6.07) is 0. The number of oxazole rings is 1. The number of hydrogen-bond acceptors (Lipinski definition) is 7. The summed E-state index contributed by atoms with van der Waals surface area (Å²) in [5.41, 5.74) is 0.0621. The summed E-state index contributed by atoms with van der Waals surface area (Å²) in [4.78, 5) is 22.9. The largest absolute Gasteiger partial charge is 0.460 e. The van der Waals surface area contributed by atoms with Crippen molar-refractivity contribution < 1.29 is 27.5 Å². The molecule has 0 atom stereocenters. The molecule has 20 heavy (non-hydrogen) atoms. The van der Waals surface area contributed by atoms with Crippen LogP contribution in [-0.2, 0) is 4.74 Å². The topological polar surface area (TPSA) is 87.3 Å². The van der Waals surface area contributed by atoms with Crippen LogP contribution in [0.4, 0.5) is 8.78 Å². The lowest BCUT2D eigenvalue weighted by atomic mass is 10.3. The fraction of sp³-hybridized carbons (Fsp3) is 0.273. The van der Waals surface area contributed by atoms with E-state index in [1.807, 2.05) is 0 Å². The molecule has 7 nitrogen and oxygen atoms in total. The van der Waals surface area contributed by atoms with Gasteiger partial charge in [0.15, 0.2) is 23.7 Å². The average Bonchev–Trinajstić information content (AvgIpc) is 2.88. The Kier molecular flexibility index (Phi) is 4.18. The van der Waals surface area contributed by atoms with Crippen LogP contribution in [0.25, 0.3) is 11.5 Å². The van der Waals surface area contributed by atoms with Gasteiger partial charge < -0.3 is 13.9 Å². The highest BCUT2D eigenvalue weighted by atomic mass is 19.3. The Balaban J connectivity index is 2.24. The Morgan fingerprint density at radius 1 is 1.35 bits per heavy atom. The third kappa shape index (κ3) is 3.05. The summed E-state index contributed by atoms with van der Waals surface area (Å²) >= 11 is 0. The van der Waals surface area contributed by atoms with Gasteiger partial charge in [-0.3, -0.25) is 0 Å². The minimum Gasteiger partial charge on any atom is -0.460 e. The van der Waals surface area contributed by atoms with Crippen LogP contribution in [-0.4, -0.2) is 34.1 Å². The fourth-order valence-electron chi connectivity index (χ4n) is 1.35. The Hall–Kier alpha value is -2.58. The lowest BCUT2D eigenvalue weighted by Gasteiger charge is -2.03. The zero-order chi connectivity index (χ0) is 14.5. The maximum atomic E-state index is 12.0. The van der Waals surface area contributed by atoms with E-state index < -0.39 is 12.6 Å². The van der Waals surface area contributed by atoms with Gasteiger partial charge >= 0.3 is 12.6 Å². The van der Waals surface area contributed by atoms with Gasteiger partial charge in [-0.25, -0.2) is 19.7 Å². The van der Waals surface area contributed by atoms with Crippen LogP contribution in [0, 0.1) is 0 Å². The van der Waals surface area contributed by atoms with Gasteiger partial charge in [-0.05, 0) is 6.92 Å². The number of esters is 1. The smallest absolute Gasteiger partial charge is 0.387 e. The molecule has 0 N–H and O–H groups in total. The average molecular weight is 285 g/mol. The maximum Gasteiger partial charge on any atom is 0.387 e. The molecule has 0 aliphatic rings. The van der Waals surface area contributed by atoms with Crippen LogP contribution >= 0.6 is 0 Å². The van der Waals surface area contributed by atoms with Gasteiger partial charge in [0.1, 0.15) is 0 Å². The second kappa shape index (κ2) is 6.04. The van der Waals surface area contributed by atoms with E-state index in [2.05, 4.69) is 19.7 Å². The second-order valence-electron chi connectivity index (χ2n) is 3.37. The number of rotatable bonds is 5. The van der Waals surface area contributed by atoms with Crippen LogP contribution in [0.1, 0.15) is 17.5 Å². The predicted molar refractivity (Wildman–Crippen MR) is 60.1 cm³/mol. The quantitative estimate of drug-likeness (QED) is 0.775.